The molecule has 2 aromatic rings. The van der Waals surface area contributed by atoms with Crippen molar-refractivity contribution in [2.75, 3.05) is 18.3 Å². The fourth-order valence-electron chi connectivity index (χ4n) is 1.60. The Kier molecular flexibility index (Phi) is 4.41. The van der Waals surface area contributed by atoms with Gasteiger partial charge in [-0.15, -0.1) is 11.6 Å². The van der Waals surface area contributed by atoms with Gasteiger partial charge in [-0.3, -0.25) is 9.89 Å². The fourth-order valence-corrected chi connectivity index (χ4v) is 1.77. The molecule has 0 fully saturated rings. The molecule has 1 heterocycles. The third kappa shape index (κ3) is 3.48. The molecule has 0 saturated carbocycles. The van der Waals surface area contributed by atoms with Crippen LogP contribution in [0.2, 0.25) is 0 Å². The summed E-state index contributed by atoms with van der Waals surface area (Å²) in [5, 5.41) is 9.56. The normalized spacial score (nSPS) is 10.2. The number of amides is 1. The summed E-state index contributed by atoms with van der Waals surface area (Å²) < 4.78 is 5.09. The van der Waals surface area contributed by atoms with Gasteiger partial charge in [-0.1, -0.05) is 0 Å². The summed E-state index contributed by atoms with van der Waals surface area (Å²) in [7, 11) is 1.62. The number of rotatable bonds is 5. The second-order valence-electron chi connectivity index (χ2n) is 3.88. The second-order valence-corrected chi connectivity index (χ2v) is 4.26. The summed E-state index contributed by atoms with van der Waals surface area (Å²) >= 11 is 5.49. The van der Waals surface area contributed by atoms with E-state index in [0.29, 0.717) is 11.7 Å². The Morgan fingerprint density at radius 3 is 2.79 bits per heavy atom. The van der Waals surface area contributed by atoms with Crippen LogP contribution in [0, 0.1) is 0 Å². The van der Waals surface area contributed by atoms with Crippen LogP contribution in [-0.4, -0.2) is 29.1 Å². The van der Waals surface area contributed by atoms with Crippen LogP contribution in [0.15, 0.2) is 30.3 Å². The van der Waals surface area contributed by atoms with Gasteiger partial charge in [-0.25, -0.2) is 0 Å². The molecule has 19 heavy (non-hydrogen) atoms. The minimum atomic E-state index is -0.150. The van der Waals surface area contributed by atoms with Crippen LogP contribution in [0.25, 0.3) is 11.3 Å². The van der Waals surface area contributed by atoms with E-state index >= 15 is 0 Å². The van der Waals surface area contributed by atoms with Crippen molar-refractivity contribution in [1.82, 2.24) is 10.2 Å². The monoisotopic (exact) mass is 279 g/mol. The molecule has 6 heteroatoms. The van der Waals surface area contributed by atoms with Crippen molar-refractivity contribution in [3.8, 4) is 17.0 Å². The highest BCUT2D eigenvalue weighted by Gasteiger charge is 2.07. The minimum Gasteiger partial charge on any atom is -0.497 e. The van der Waals surface area contributed by atoms with E-state index in [-0.39, 0.29) is 12.3 Å². The van der Waals surface area contributed by atoms with Gasteiger partial charge in [0.05, 0.1) is 12.8 Å². The molecule has 0 aliphatic heterocycles. The molecule has 1 amide bonds. The molecule has 0 atom stereocenters. The Hall–Kier alpha value is -2.01. The van der Waals surface area contributed by atoms with E-state index in [0.717, 1.165) is 17.0 Å². The second kappa shape index (κ2) is 6.24. The molecular weight excluding hydrogens is 266 g/mol. The first-order valence-electron chi connectivity index (χ1n) is 5.78. The van der Waals surface area contributed by atoms with E-state index in [1.165, 1.54) is 0 Å². The Labute approximate surface area is 115 Å². The highest BCUT2D eigenvalue weighted by Crippen LogP contribution is 2.22. The van der Waals surface area contributed by atoms with E-state index < -0.39 is 0 Å². The van der Waals surface area contributed by atoms with Crippen LogP contribution < -0.4 is 10.1 Å². The fraction of sp³-hybridized carbons (Fsp3) is 0.231. The molecule has 1 aromatic carbocycles. The molecule has 0 radical (unpaired) electrons. The summed E-state index contributed by atoms with van der Waals surface area (Å²) in [4.78, 5) is 11.4. The summed E-state index contributed by atoms with van der Waals surface area (Å²) in [6, 6.07) is 9.32. The van der Waals surface area contributed by atoms with Gasteiger partial charge in [0.1, 0.15) is 5.75 Å². The smallest absolute Gasteiger partial charge is 0.226 e. The van der Waals surface area contributed by atoms with E-state index in [1.54, 1.807) is 13.2 Å². The number of hydrogen-bond acceptors (Lipinski definition) is 3. The standard InChI is InChI=1S/C13H14ClN3O2/c1-19-10-4-2-9(3-5-10)11-8-12(17-16-11)15-13(18)6-7-14/h2-5,8H,6-7H2,1H3,(H2,15,16,17,18). The number of carbonyl (C=O) groups is 1. The van der Waals surface area contributed by atoms with Crippen molar-refractivity contribution in [3.63, 3.8) is 0 Å². The van der Waals surface area contributed by atoms with Crippen molar-refractivity contribution in [2.24, 2.45) is 0 Å². The maximum Gasteiger partial charge on any atom is 0.226 e. The number of H-pyrrole nitrogens is 1. The van der Waals surface area contributed by atoms with E-state index in [9.17, 15) is 4.79 Å². The Morgan fingerprint density at radius 2 is 2.16 bits per heavy atom. The van der Waals surface area contributed by atoms with Gasteiger partial charge in [-0.2, -0.15) is 5.10 Å². The zero-order valence-corrected chi connectivity index (χ0v) is 11.2. The molecule has 0 spiro atoms. The number of alkyl halides is 1. The predicted molar refractivity (Wildman–Crippen MR) is 74.5 cm³/mol. The van der Waals surface area contributed by atoms with E-state index in [2.05, 4.69) is 15.5 Å². The van der Waals surface area contributed by atoms with Gasteiger partial charge in [0.15, 0.2) is 5.82 Å². The molecule has 5 nitrogen and oxygen atoms in total. The maximum absolute atomic E-state index is 11.4. The number of anilines is 1. The van der Waals surface area contributed by atoms with Crippen LogP contribution in [0.1, 0.15) is 6.42 Å². The summed E-state index contributed by atoms with van der Waals surface area (Å²) in [5.41, 5.74) is 1.79. The zero-order chi connectivity index (χ0) is 13.7. The Morgan fingerprint density at radius 1 is 1.42 bits per heavy atom. The lowest BCUT2D eigenvalue weighted by Gasteiger charge is -2.00. The number of nitrogens with one attached hydrogen (secondary N) is 2. The minimum absolute atomic E-state index is 0.150. The SMILES string of the molecule is COc1ccc(-c2cc(NC(=O)CCCl)n[nH]2)cc1. The lowest BCUT2D eigenvalue weighted by molar-refractivity contribution is -0.115. The first-order chi connectivity index (χ1) is 9.22. The van der Waals surface area contributed by atoms with Crippen LogP contribution in [0.4, 0.5) is 5.82 Å². The van der Waals surface area contributed by atoms with Crippen molar-refractivity contribution >= 4 is 23.3 Å². The van der Waals surface area contributed by atoms with Crippen LogP contribution in [-0.2, 0) is 4.79 Å². The van der Waals surface area contributed by atoms with Gasteiger partial charge < -0.3 is 10.1 Å². The van der Waals surface area contributed by atoms with E-state index in [1.807, 2.05) is 24.3 Å². The maximum atomic E-state index is 11.4. The molecule has 0 unspecified atom stereocenters. The molecule has 0 saturated heterocycles. The van der Waals surface area contributed by atoms with Gasteiger partial charge in [0, 0.05) is 18.4 Å². The summed E-state index contributed by atoms with van der Waals surface area (Å²) in [6.07, 6.45) is 0.270. The Balaban J connectivity index is 2.09. The van der Waals surface area contributed by atoms with Crippen LogP contribution >= 0.6 is 11.6 Å². The van der Waals surface area contributed by atoms with E-state index in [4.69, 9.17) is 16.3 Å². The van der Waals surface area contributed by atoms with Crippen LogP contribution in [0.3, 0.4) is 0 Å². The van der Waals surface area contributed by atoms with Gasteiger partial charge in [-0.05, 0) is 29.8 Å². The molecule has 2 N–H and O–H groups in total. The topological polar surface area (TPSA) is 67.0 Å². The predicted octanol–water partition coefficient (Wildman–Crippen LogP) is 2.65. The Bertz CT molecular complexity index is 551. The molecule has 0 aliphatic rings. The number of carbonyl (C=O) groups excluding carboxylic acids is 1. The third-order valence-corrected chi connectivity index (χ3v) is 2.76. The molecule has 1 aromatic heterocycles. The first-order valence-corrected chi connectivity index (χ1v) is 6.32. The van der Waals surface area contributed by atoms with Crippen LogP contribution in [0.5, 0.6) is 5.75 Å². The average molecular weight is 280 g/mol. The molecule has 100 valence electrons. The number of nitrogens with zero attached hydrogens (tertiary/aromatic N) is 1. The van der Waals surface area contributed by atoms with Gasteiger partial charge in [0.2, 0.25) is 5.91 Å². The van der Waals surface area contributed by atoms with Crippen molar-refractivity contribution in [2.45, 2.75) is 6.42 Å². The lowest BCUT2D eigenvalue weighted by Crippen LogP contribution is -2.11. The highest BCUT2D eigenvalue weighted by atomic mass is 35.5. The summed E-state index contributed by atoms with van der Waals surface area (Å²) in [6.45, 7) is 0. The molecule has 0 aliphatic carbocycles. The van der Waals surface area contributed by atoms with Crippen molar-refractivity contribution in [1.29, 1.82) is 0 Å². The number of halogens is 1. The highest BCUT2D eigenvalue weighted by molar-refractivity contribution is 6.19. The molecular formula is C13H14ClN3O2. The van der Waals surface area contributed by atoms with Gasteiger partial charge >= 0.3 is 0 Å². The van der Waals surface area contributed by atoms with Crippen molar-refractivity contribution in [3.05, 3.63) is 30.3 Å². The number of hydrogen-bond donors (Lipinski definition) is 2. The quantitative estimate of drug-likeness (QED) is 0.827. The first kappa shape index (κ1) is 13.4. The van der Waals surface area contributed by atoms with Crippen molar-refractivity contribution < 1.29 is 9.53 Å². The third-order valence-electron chi connectivity index (χ3n) is 2.57. The zero-order valence-electron chi connectivity index (χ0n) is 10.4. The lowest BCUT2D eigenvalue weighted by atomic mass is 10.1. The number of aromatic amines is 1. The van der Waals surface area contributed by atoms with Gasteiger partial charge in [0.25, 0.3) is 0 Å². The number of aromatic nitrogens is 2. The average Bonchev–Trinajstić information content (AvgIpc) is 2.87. The number of methoxy groups -OCH3 is 1. The largest absolute Gasteiger partial charge is 0.497 e. The molecule has 0 bridgehead atoms. The number of benzene rings is 1. The molecule has 2 rings (SSSR count). The summed E-state index contributed by atoms with van der Waals surface area (Å²) in [5.74, 6) is 1.42. The number of ether oxygens (including phenoxy) is 1.